The second kappa shape index (κ2) is 5.36. The number of nitrogens with zero attached hydrogens (tertiary/aromatic N) is 2. The number of rotatable bonds is 2. The zero-order chi connectivity index (χ0) is 13.1. The van der Waals surface area contributed by atoms with Crippen LogP contribution in [0.15, 0.2) is 0 Å². The van der Waals surface area contributed by atoms with Crippen molar-refractivity contribution in [3.63, 3.8) is 0 Å². The first kappa shape index (κ1) is 13.8. The van der Waals surface area contributed by atoms with Crippen LogP contribution in [0.4, 0.5) is 13.2 Å². The van der Waals surface area contributed by atoms with E-state index in [1.54, 1.807) is 0 Å². The summed E-state index contributed by atoms with van der Waals surface area (Å²) in [5.74, 6) is -0.926. The largest absolute Gasteiger partial charge is 0.667 e. The van der Waals surface area contributed by atoms with Crippen LogP contribution in [0.1, 0.15) is 19.3 Å². The molecule has 1 heterocycles. The standard InChI is InChI=1S/C10H13F3N3O/c11-10(12,13)5-8(15)9(17)16-3-1-7(6-14)2-4-16/h7-8,15H,1-5H2/q-1/t8-/m0/s1. The Morgan fingerprint density at radius 1 is 1.47 bits per heavy atom. The third-order valence-electron chi connectivity index (χ3n) is 2.72. The molecule has 1 saturated heterocycles. The van der Waals surface area contributed by atoms with E-state index in [-0.39, 0.29) is 19.0 Å². The highest BCUT2D eigenvalue weighted by molar-refractivity contribution is 5.83. The number of piperidine rings is 1. The Balaban J connectivity index is 2.46. The van der Waals surface area contributed by atoms with Gasteiger partial charge < -0.3 is 10.6 Å². The number of likely N-dealkylation sites (tertiary alicyclic amines) is 1. The van der Waals surface area contributed by atoms with Crippen LogP contribution >= 0.6 is 0 Å². The number of nitrogens with one attached hydrogen (secondary N) is 1. The molecule has 4 nitrogen and oxygen atoms in total. The lowest BCUT2D eigenvalue weighted by Gasteiger charge is -2.34. The molecule has 0 saturated carbocycles. The van der Waals surface area contributed by atoms with Crippen molar-refractivity contribution < 1.29 is 18.0 Å². The minimum atomic E-state index is -4.49. The van der Waals surface area contributed by atoms with Crippen molar-refractivity contribution in [3.05, 3.63) is 5.73 Å². The van der Waals surface area contributed by atoms with Crippen molar-refractivity contribution >= 4 is 5.91 Å². The second-order valence-electron chi connectivity index (χ2n) is 4.10. The summed E-state index contributed by atoms with van der Waals surface area (Å²) in [7, 11) is 0. The Morgan fingerprint density at radius 2 is 2.00 bits per heavy atom. The molecule has 0 aliphatic carbocycles. The molecular formula is C10H13F3N3O-. The van der Waals surface area contributed by atoms with E-state index in [9.17, 15) is 18.0 Å². The molecule has 1 rings (SSSR count). The van der Waals surface area contributed by atoms with Crippen LogP contribution in [0, 0.1) is 17.2 Å². The van der Waals surface area contributed by atoms with Crippen molar-refractivity contribution in [2.75, 3.05) is 13.1 Å². The average Bonchev–Trinajstić information content (AvgIpc) is 2.26. The number of hydrogen-bond acceptors (Lipinski definition) is 2. The van der Waals surface area contributed by atoms with E-state index in [0.717, 1.165) is 0 Å². The second-order valence-corrected chi connectivity index (χ2v) is 4.10. The number of hydrogen-bond donors (Lipinski definition) is 0. The third kappa shape index (κ3) is 4.23. The molecule has 1 N–H and O–H groups in total. The van der Waals surface area contributed by atoms with Crippen molar-refractivity contribution in [1.82, 2.24) is 4.90 Å². The number of amides is 1. The summed E-state index contributed by atoms with van der Waals surface area (Å²) in [5, 5.41) is 8.64. The van der Waals surface area contributed by atoms with Crippen molar-refractivity contribution in [2.24, 2.45) is 5.92 Å². The smallest absolute Gasteiger partial charge is 0.388 e. The Kier molecular flexibility index (Phi) is 4.34. The van der Waals surface area contributed by atoms with E-state index in [0.29, 0.717) is 12.8 Å². The fraction of sp³-hybridized carbons (Fsp3) is 0.800. The molecular weight excluding hydrogens is 235 g/mol. The lowest BCUT2D eigenvalue weighted by atomic mass is 9.98. The van der Waals surface area contributed by atoms with E-state index in [1.807, 2.05) is 0 Å². The van der Waals surface area contributed by atoms with Gasteiger partial charge in [-0.05, 0) is 18.9 Å². The van der Waals surface area contributed by atoms with E-state index in [1.165, 1.54) is 4.90 Å². The van der Waals surface area contributed by atoms with Gasteiger partial charge in [-0.15, -0.1) is 0 Å². The number of carbonyl (C=O) groups is 1. The highest BCUT2D eigenvalue weighted by Crippen LogP contribution is 2.25. The van der Waals surface area contributed by atoms with Crippen LogP contribution in [0.5, 0.6) is 0 Å². The minimum Gasteiger partial charge on any atom is -0.667 e. The van der Waals surface area contributed by atoms with E-state index in [2.05, 4.69) is 6.07 Å². The molecule has 0 aromatic carbocycles. The van der Waals surface area contributed by atoms with Crippen molar-refractivity contribution in [3.8, 4) is 6.07 Å². The van der Waals surface area contributed by atoms with Gasteiger partial charge in [-0.3, -0.25) is 4.79 Å². The fourth-order valence-electron chi connectivity index (χ4n) is 1.77. The summed E-state index contributed by atoms with van der Waals surface area (Å²) >= 11 is 0. The molecule has 1 atom stereocenters. The van der Waals surface area contributed by atoms with E-state index in [4.69, 9.17) is 11.0 Å². The van der Waals surface area contributed by atoms with Gasteiger partial charge in [0.25, 0.3) is 0 Å². The van der Waals surface area contributed by atoms with Crippen molar-refractivity contribution in [2.45, 2.75) is 31.5 Å². The zero-order valence-electron chi connectivity index (χ0n) is 9.13. The molecule has 0 aromatic rings. The number of alkyl halides is 3. The van der Waals surface area contributed by atoms with Gasteiger partial charge in [0, 0.05) is 25.4 Å². The number of nitriles is 1. The summed E-state index contributed by atoms with van der Waals surface area (Å²) in [4.78, 5) is 12.8. The van der Waals surface area contributed by atoms with Gasteiger partial charge in [-0.1, -0.05) is 0 Å². The average molecular weight is 248 g/mol. The summed E-state index contributed by atoms with van der Waals surface area (Å²) in [6.45, 7) is 0.536. The Labute approximate surface area is 97.2 Å². The summed E-state index contributed by atoms with van der Waals surface area (Å²) in [6.07, 6.45) is -4.96. The summed E-state index contributed by atoms with van der Waals surface area (Å²) in [5.41, 5.74) is 7.19. The maximum Gasteiger partial charge on any atom is 0.388 e. The Hall–Kier alpha value is -1.29. The van der Waals surface area contributed by atoms with Gasteiger partial charge in [0.05, 0.1) is 6.07 Å². The first-order valence-electron chi connectivity index (χ1n) is 5.30. The quantitative estimate of drug-likeness (QED) is 0.751. The normalized spacial score (nSPS) is 19.8. The molecule has 1 amide bonds. The van der Waals surface area contributed by atoms with Crippen LogP contribution in [0.25, 0.3) is 5.73 Å². The lowest BCUT2D eigenvalue weighted by molar-refractivity contribution is -0.150. The van der Waals surface area contributed by atoms with Gasteiger partial charge in [-0.2, -0.15) is 18.4 Å². The van der Waals surface area contributed by atoms with Crippen molar-refractivity contribution in [1.29, 1.82) is 5.26 Å². The molecule has 0 unspecified atom stereocenters. The topological polar surface area (TPSA) is 67.9 Å². The highest BCUT2D eigenvalue weighted by Gasteiger charge is 2.32. The molecule has 1 aliphatic heterocycles. The molecule has 0 radical (unpaired) electrons. The maximum atomic E-state index is 12.0. The molecule has 0 spiro atoms. The molecule has 7 heteroatoms. The highest BCUT2D eigenvalue weighted by atomic mass is 19.4. The summed E-state index contributed by atoms with van der Waals surface area (Å²) < 4.78 is 36.0. The van der Waals surface area contributed by atoms with Gasteiger partial charge in [0.15, 0.2) is 0 Å². The number of carbonyl (C=O) groups excluding carboxylic acids is 1. The van der Waals surface area contributed by atoms with Gasteiger partial charge in [0.1, 0.15) is 0 Å². The SMILES string of the molecule is N#CC1CCN(C(=O)[C@@H]([NH-])CC(F)(F)F)CC1. The van der Waals surface area contributed by atoms with Gasteiger partial charge >= 0.3 is 6.18 Å². The first-order valence-corrected chi connectivity index (χ1v) is 5.30. The van der Waals surface area contributed by atoms with Crippen LogP contribution in [0.2, 0.25) is 0 Å². The van der Waals surface area contributed by atoms with Crippen LogP contribution < -0.4 is 0 Å². The maximum absolute atomic E-state index is 12.0. The van der Waals surface area contributed by atoms with Crippen LogP contribution in [-0.2, 0) is 4.79 Å². The Morgan fingerprint density at radius 3 is 2.41 bits per heavy atom. The molecule has 1 aliphatic rings. The van der Waals surface area contributed by atoms with Crippen LogP contribution in [-0.4, -0.2) is 36.1 Å². The van der Waals surface area contributed by atoms with Gasteiger partial charge in [0.2, 0.25) is 5.91 Å². The predicted octanol–water partition coefficient (Wildman–Crippen LogP) is 2.12. The molecule has 1 fully saturated rings. The monoisotopic (exact) mass is 248 g/mol. The minimum absolute atomic E-state index is 0.133. The van der Waals surface area contributed by atoms with Crippen LogP contribution in [0.3, 0.4) is 0 Å². The predicted molar refractivity (Wildman–Crippen MR) is 53.7 cm³/mol. The molecule has 17 heavy (non-hydrogen) atoms. The molecule has 96 valence electrons. The fourth-order valence-corrected chi connectivity index (χ4v) is 1.77. The van der Waals surface area contributed by atoms with Gasteiger partial charge in [-0.25, -0.2) is 0 Å². The Bertz CT molecular complexity index is 316. The lowest BCUT2D eigenvalue weighted by Crippen LogP contribution is -2.43. The summed E-state index contributed by atoms with van der Waals surface area (Å²) in [6, 6.07) is 0.282. The molecule has 0 aromatic heterocycles. The number of halogens is 3. The molecule has 0 bridgehead atoms. The van der Waals surface area contributed by atoms with E-state index >= 15 is 0 Å². The van der Waals surface area contributed by atoms with E-state index < -0.39 is 24.5 Å². The third-order valence-corrected chi connectivity index (χ3v) is 2.72. The zero-order valence-corrected chi connectivity index (χ0v) is 9.13. The first-order chi connectivity index (χ1) is 7.83.